The van der Waals surface area contributed by atoms with E-state index in [4.69, 9.17) is 6.57 Å². The van der Waals surface area contributed by atoms with Crippen molar-refractivity contribution in [2.45, 2.75) is 58.7 Å². The first kappa shape index (κ1) is 17.4. The number of hydrogen-bond acceptors (Lipinski definition) is 2. The first-order valence-corrected chi connectivity index (χ1v) is 8.43. The number of nitrogens with one attached hydrogen (secondary N) is 1. The Kier molecular flexibility index (Phi) is 3.86. The fourth-order valence-corrected chi connectivity index (χ4v) is 3.47. The van der Waals surface area contributed by atoms with E-state index in [1.54, 1.807) is 0 Å². The van der Waals surface area contributed by atoms with Crippen molar-refractivity contribution in [1.29, 1.82) is 0 Å². The summed E-state index contributed by atoms with van der Waals surface area (Å²) in [6.45, 7) is 16.8. The summed E-state index contributed by atoms with van der Waals surface area (Å²) in [6, 6.07) is 3.68. The highest BCUT2D eigenvalue weighted by Crippen LogP contribution is 2.41. The molecule has 0 atom stereocenters. The first-order chi connectivity index (χ1) is 11.5. The Morgan fingerprint density at radius 1 is 1.44 bits per heavy atom. The lowest BCUT2D eigenvalue weighted by Crippen LogP contribution is -2.43. The molecule has 0 spiro atoms. The number of aromatic nitrogens is 2. The van der Waals surface area contributed by atoms with Crippen molar-refractivity contribution in [1.82, 2.24) is 9.55 Å². The number of amides is 1. The Morgan fingerprint density at radius 2 is 2.08 bits per heavy atom. The highest BCUT2D eigenvalue weighted by Gasteiger charge is 2.44. The smallest absolute Gasteiger partial charge is 0.230 e. The van der Waals surface area contributed by atoms with Gasteiger partial charge in [-0.3, -0.25) is 10.1 Å². The molecule has 1 aliphatic rings. The molecular formula is C19H23FN4O. The second kappa shape index (κ2) is 5.55. The van der Waals surface area contributed by atoms with Gasteiger partial charge in [0.1, 0.15) is 5.67 Å². The minimum atomic E-state index is -1.24. The molecule has 1 aromatic heterocycles. The standard InChI is InChI=1S/C19H23FN4O/c1-11-7-14-15(8-13(11)21-6)24(18(2,3)4)17(22-14)23-16(25)12-9-19(5,20)10-12/h7-8,12H,9-10H2,1-5H3,(H,22,23,25). The Morgan fingerprint density at radius 3 is 2.60 bits per heavy atom. The van der Waals surface area contributed by atoms with Crippen molar-refractivity contribution >= 4 is 28.6 Å². The van der Waals surface area contributed by atoms with Gasteiger partial charge < -0.3 is 4.57 Å². The third-order valence-corrected chi connectivity index (χ3v) is 4.71. The summed E-state index contributed by atoms with van der Waals surface area (Å²) in [6.07, 6.45) is 0.491. The number of benzene rings is 1. The highest BCUT2D eigenvalue weighted by molar-refractivity contribution is 5.94. The molecule has 3 rings (SSSR count). The van der Waals surface area contributed by atoms with Gasteiger partial charge in [0.05, 0.1) is 17.6 Å². The lowest BCUT2D eigenvalue weighted by molar-refractivity contribution is -0.127. The molecule has 1 aromatic carbocycles. The first-order valence-electron chi connectivity index (χ1n) is 8.43. The van der Waals surface area contributed by atoms with E-state index in [0.29, 0.717) is 11.6 Å². The van der Waals surface area contributed by atoms with Crippen LogP contribution in [0.3, 0.4) is 0 Å². The predicted molar refractivity (Wildman–Crippen MR) is 96.6 cm³/mol. The number of rotatable bonds is 2. The van der Waals surface area contributed by atoms with Crippen molar-refractivity contribution in [2.24, 2.45) is 5.92 Å². The van der Waals surface area contributed by atoms with Crippen LogP contribution < -0.4 is 5.32 Å². The summed E-state index contributed by atoms with van der Waals surface area (Å²) in [5.74, 6) is -0.0664. The van der Waals surface area contributed by atoms with E-state index in [9.17, 15) is 9.18 Å². The van der Waals surface area contributed by atoms with E-state index >= 15 is 0 Å². The van der Waals surface area contributed by atoms with Gasteiger partial charge in [0.25, 0.3) is 0 Å². The van der Waals surface area contributed by atoms with Crippen LogP contribution in [0.5, 0.6) is 0 Å². The van der Waals surface area contributed by atoms with Gasteiger partial charge in [-0.15, -0.1) is 0 Å². The molecule has 2 aromatic rings. The summed E-state index contributed by atoms with van der Waals surface area (Å²) in [4.78, 5) is 20.6. The van der Waals surface area contributed by atoms with E-state index in [1.165, 1.54) is 6.92 Å². The van der Waals surface area contributed by atoms with Crippen LogP contribution in [-0.4, -0.2) is 21.1 Å². The molecular weight excluding hydrogens is 319 g/mol. The van der Waals surface area contributed by atoms with Gasteiger partial charge in [0.2, 0.25) is 11.9 Å². The molecule has 132 valence electrons. The summed E-state index contributed by atoms with van der Waals surface area (Å²) in [5.41, 5.74) is 1.39. The van der Waals surface area contributed by atoms with Gasteiger partial charge in [-0.1, -0.05) is 0 Å². The molecule has 25 heavy (non-hydrogen) atoms. The molecule has 1 saturated carbocycles. The number of nitrogens with zero attached hydrogens (tertiary/aromatic N) is 3. The third kappa shape index (κ3) is 3.11. The lowest BCUT2D eigenvalue weighted by atomic mass is 9.73. The Bertz CT molecular complexity index is 891. The van der Waals surface area contributed by atoms with Crippen molar-refractivity contribution < 1.29 is 9.18 Å². The number of carbonyl (C=O) groups excluding carboxylic acids is 1. The minimum Gasteiger partial charge on any atom is -0.306 e. The third-order valence-electron chi connectivity index (χ3n) is 4.71. The SMILES string of the molecule is [C-]#[N+]c1cc2c(cc1C)nc(NC(=O)C1CC(C)(F)C1)n2C(C)(C)C. The second-order valence-corrected chi connectivity index (χ2v) is 8.19. The number of fused-ring (bicyclic) bond motifs is 1. The fraction of sp³-hybridized carbons (Fsp3) is 0.526. The maximum Gasteiger partial charge on any atom is 0.230 e. The molecule has 5 nitrogen and oxygen atoms in total. The molecule has 0 bridgehead atoms. The molecule has 0 saturated heterocycles. The fourth-order valence-electron chi connectivity index (χ4n) is 3.47. The van der Waals surface area contributed by atoms with Gasteiger partial charge in [-0.25, -0.2) is 14.2 Å². The van der Waals surface area contributed by atoms with Crippen LogP contribution in [0.4, 0.5) is 16.0 Å². The van der Waals surface area contributed by atoms with Crippen LogP contribution in [0.1, 0.15) is 46.1 Å². The van der Waals surface area contributed by atoms with Gasteiger partial charge in [-0.05, 0) is 65.2 Å². The van der Waals surface area contributed by atoms with E-state index in [2.05, 4.69) is 15.1 Å². The summed E-state index contributed by atoms with van der Waals surface area (Å²) in [7, 11) is 0. The monoisotopic (exact) mass is 342 g/mol. The van der Waals surface area contributed by atoms with Crippen LogP contribution in [0.2, 0.25) is 0 Å². The number of halogens is 1. The number of alkyl halides is 1. The van der Waals surface area contributed by atoms with E-state index in [1.807, 2.05) is 44.4 Å². The summed E-state index contributed by atoms with van der Waals surface area (Å²) >= 11 is 0. The number of imidazole rings is 1. The van der Waals surface area contributed by atoms with Crippen molar-refractivity contribution in [3.8, 4) is 0 Å². The number of anilines is 1. The average Bonchev–Trinajstić information content (AvgIpc) is 2.80. The van der Waals surface area contributed by atoms with E-state index in [-0.39, 0.29) is 30.2 Å². The van der Waals surface area contributed by atoms with Crippen LogP contribution in [0.15, 0.2) is 12.1 Å². The molecule has 1 amide bonds. The lowest BCUT2D eigenvalue weighted by Gasteiger charge is -2.37. The molecule has 0 unspecified atom stereocenters. The summed E-state index contributed by atoms with van der Waals surface area (Å²) in [5, 5.41) is 2.87. The maximum atomic E-state index is 13.7. The van der Waals surface area contributed by atoms with Crippen molar-refractivity contribution in [3.63, 3.8) is 0 Å². The summed E-state index contributed by atoms with van der Waals surface area (Å²) < 4.78 is 15.6. The largest absolute Gasteiger partial charge is 0.306 e. The predicted octanol–water partition coefficient (Wildman–Crippen LogP) is 4.73. The molecule has 1 fully saturated rings. The number of carbonyl (C=O) groups is 1. The zero-order valence-electron chi connectivity index (χ0n) is 15.3. The van der Waals surface area contributed by atoms with E-state index < -0.39 is 5.67 Å². The zero-order valence-corrected chi connectivity index (χ0v) is 15.3. The van der Waals surface area contributed by atoms with Crippen LogP contribution in [0, 0.1) is 19.4 Å². The highest BCUT2D eigenvalue weighted by atomic mass is 19.1. The van der Waals surface area contributed by atoms with E-state index in [0.717, 1.165) is 16.6 Å². The molecule has 1 heterocycles. The second-order valence-electron chi connectivity index (χ2n) is 8.19. The van der Waals surface area contributed by atoms with Crippen molar-refractivity contribution in [3.05, 3.63) is 29.1 Å². The van der Waals surface area contributed by atoms with Crippen LogP contribution >= 0.6 is 0 Å². The Hall–Kier alpha value is -2.42. The molecule has 6 heteroatoms. The number of hydrogen-bond donors (Lipinski definition) is 1. The zero-order chi connectivity index (χ0) is 18.6. The Balaban J connectivity index is 2.03. The number of aryl methyl sites for hydroxylation is 1. The quantitative estimate of drug-likeness (QED) is 0.802. The van der Waals surface area contributed by atoms with Gasteiger partial charge >= 0.3 is 0 Å². The molecule has 0 radical (unpaired) electrons. The van der Waals surface area contributed by atoms with Crippen LogP contribution in [-0.2, 0) is 10.3 Å². The van der Waals surface area contributed by atoms with Crippen LogP contribution in [0.25, 0.3) is 15.9 Å². The average molecular weight is 342 g/mol. The minimum absolute atomic E-state index is 0.196. The van der Waals surface area contributed by atoms with Gasteiger partial charge in [-0.2, -0.15) is 0 Å². The normalized spacial score (nSPS) is 23.2. The maximum absolute atomic E-state index is 13.7. The van der Waals surface area contributed by atoms with Gasteiger partial charge in [0, 0.05) is 11.5 Å². The van der Waals surface area contributed by atoms with Crippen molar-refractivity contribution in [2.75, 3.05) is 5.32 Å². The topological polar surface area (TPSA) is 51.3 Å². The van der Waals surface area contributed by atoms with Gasteiger partial charge in [0.15, 0.2) is 5.69 Å². The molecule has 0 aliphatic heterocycles. The molecule has 1 N–H and O–H groups in total. The molecule has 1 aliphatic carbocycles. The Labute approximate surface area is 147 Å².